The summed E-state index contributed by atoms with van der Waals surface area (Å²) in [7, 11) is 0.752. The SMILES string of the molecule is CN(C)C(=NCc1ccccc1)NCC1CCCC1NS(C)(=O)=O. The van der Waals surface area contributed by atoms with Crippen LogP contribution in [0.1, 0.15) is 24.8 Å². The molecule has 7 heteroatoms. The average Bonchev–Trinajstić information content (AvgIpc) is 2.93. The second-order valence-corrected chi connectivity index (χ2v) is 8.37. The number of sulfonamides is 1. The highest BCUT2D eigenvalue weighted by molar-refractivity contribution is 7.88. The Balaban J connectivity index is 1.93. The van der Waals surface area contributed by atoms with Crippen LogP contribution in [-0.2, 0) is 16.6 Å². The standard InChI is InChI=1S/C17H28N4O2S/c1-21(2)17(18-12-14-8-5-4-6-9-14)19-13-15-10-7-11-16(15)20-24(3,22)23/h4-6,8-9,15-16,20H,7,10-13H2,1-3H3,(H,18,19). The van der Waals surface area contributed by atoms with Gasteiger partial charge in [-0.2, -0.15) is 0 Å². The molecule has 2 N–H and O–H groups in total. The lowest BCUT2D eigenvalue weighted by Gasteiger charge is -2.23. The fourth-order valence-corrected chi connectivity index (χ4v) is 3.90. The molecule has 0 aliphatic heterocycles. The van der Waals surface area contributed by atoms with Crippen molar-refractivity contribution in [2.45, 2.75) is 31.8 Å². The zero-order valence-corrected chi connectivity index (χ0v) is 15.5. The Morgan fingerprint density at radius 1 is 1.25 bits per heavy atom. The van der Waals surface area contributed by atoms with Gasteiger partial charge in [0, 0.05) is 26.7 Å². The minimum absolute atomic E-state index is 0.0186. The molecule has 0 heterocycles. The summed E-state index contributed by atoms with van der Waals surface area (Å²) >= 11 is 0. The van der Waals surface area contributed by atoms with Crippen LogP contribution in [0.15, 0.2) is 35.3 Å². The van der Waals surface area contributed by atoms with E-state index in [1.54, 1.807) is 0 Å². The summed E-state index contributed by atoms with van der Waals surface area (Å²) in [6, 6.07) is 10.1. The molecule has 2 unspecified atom stereocenters. The second-order valence-electron chi connectivity index (χ2n) is 6.59. The highest BCUT2D eigenvalue weighted by Crippen LogP contribution is 2.25. The first-order valence-corrected chi connectivity index (χ1v) is 10.2. The fourth-order valence-electron chi connectivity index (χ4n) is 3.04. The third kappa shape index (κ3) is 6.13. The summed E-state index contributed by atoms with van der Waals surface area (Å²) in [5.41, 5.74) is 1.16. The molecule has 0 spiro atoms. The van der Waals surface area contributed by atoms with Crippen LogP contribution in [0, 0.1) is 5.92 Å². The van der Waals surface area contributed by atoms with Crippen molar-refractivity contribution in [2.24, 2.45) is 10.9 Å². The van der Waals surface area contributed by atoms with Gasteiger partial charge in [0.25, 0.3) is 0 Å². The van der Waals surface area contributed by atoms with E-state index in [1.807, 2.05) is 37.2 Å². The Labute approximate surface area is 145 Å². The Hall–Kier alpha value is -1.60. The van der Waals surface area contributed by atoms with Crippen molar-refractivity contribution in [1.82, 2.24) is 14.9 Å². The zero-order chi connectivity index (χ0) is 17.6. The smallest absolute Gasteiger partial charge is 0.208 e. The molecule has 134 valence electrons. The maximum Gasteiger partial charge on any atom is 0.208 e. The summed E-state index contributed by atoms with van der Waals surface area (Å²) in [6.07, 6.45) is 4.21. The molecule has 0 saturated heterocycles. The summed E-state index contributed by atoms with van der Waals surface area (Å²) in [4.78, 5) is 6.60. The first-order chi connectivity index (χ1) is 11.3. The quantitative estimate of drug-likeness (QED) is 0.600. The van der Waals surface area contributed by atoms with Gasteiger partial charge in [-0.1, -0.05) is 36.8 Å². The van der Waals surface area contributed by atoms with Gasteiger partial charge in [0.15, 0.2) is 5.96 Å². The molecule has 0 aromatic heterocycles. The van der Waals surface area contributed by atoms with E-state index in [4.69, 9.17) is 0 Å². The third-order valence-corrected chi connectivity index (χ3v) is 4.96. The predicted octanol–water partition coefficient (Wildman–Crippen LogP) is 1.41. The van der Waals surface area contributed by atoms with Gasteiger partial charge >= 0.3 is 0 Å². The van der Waals surface area contributed by atoms with E-state index in [0.717, 1.165) is 37.3 Å². The van der Waals surface area contributed by atoms with Crippen LogP contribution in [0.2, 0.25) is 0 Å². The van der Waals surface area contributed by atoms with E-state index in [-0.39, 0.29) is 6.04 Å². The molecule has 1 aromatic carbocycles. The number of aliphatic imine (C=N–C) groups is 1. The summed E-state index contributed by atoms with van der Waals surface area (Å²) in [6.45, 7) is 1.34. The van der Waals surface area contributed by atoms with Gasteiger partial charge in [-0.05, 0) is 24.3 Å². The largest absolute Gasteiger partial charge is 0.356 e. The molecule has 1 aliphatic rings. The van der Waals surface area contributed by atoms with Crippen LogP contribution >= 0.6 is 0 Å². The van der Waals surface area contributed by atoms with Crippen LogP contribution in [-0.4, -0.2) is 52.2 Å². The van der Waals surface area contributed by atoms with Crippen molar-refractivity contribution < 1.29 is 8.42 Å². The second kappa shape index (κ2) is 8.48. The minimum Gasteiger partial charge on any atom is -0.356 e. The molecular formula is C17H28N4O2S. The Morgan fingerprint density at radius 3 is 2.58 bits per heavy atom. The summed E-state index contributed by atoms with van der Waals surface area (Å²) < 4.78 is 25.7. The average molecular weight is 353 g/mol. The normalized spacial score (nSPS) is 21.7. The highest BCUT2D eigenvalue weighted by atomic mass is 32.2. The Kier molecular flexibility index (Phi) is 6.62. The fraction of sp³-hybridized carbons (Fsp3) is 0.588. The van der Waals surface area contributed by atoms with Crippen LogP contribution in [0.3, 0.4) is 0 Å². The van der Waals surface area contributed by atoms with E-state index >= 15 is 0 Å². The predicted molar refractivity (Wildman–Crippen MR) is 98.4 cm³/mol. The maximum absolute atomic E-state index is 11.5. The number of hydrogen-bond donors (Lipinski definition) is 2. The molecule has 1 saturated carbocycles. The van der Waals surface area contributed by atoms with E-state index < -0.39 is 10.0 Å². The summed E-state index contributed by atoms with van der Waals surface area (Å²) in [5, 5.41) is 3.39. The molecule has 2 atom stereocenters. The van der Waals surface area contributed by atoms with Crippen molar-refractivity contribution in [3.8, 4) is 0 Å². The van der Waals surface area contributed by atoms with Crippen molar-refractivity contribution >= 4 is 16.0 Å². The zero-order valence-electron chi connectivity index (χ0n) is 14.7. The van der Waals surface area contributed by atoms with Gasteiger partial charge in [-0.25, -0.2) is 18.1 Å². The van der Waals surface area contributed by atoms with Crippen molar-refractivity contribution in [3.05, 3.63) is 35.9 Å². The van der Waals surface area contributed by atoms with Crippen LogP contribution in [0.5, 0.6) is 0 Å². The van der Waals surface area contributed by atoms with Gasteiger partial charge in [-0.3, -0.25) is 0 Å². The van der Waals surface area contributed by atoms with Gasteiger partial charge in [0.05, 0.1) is 12.8 Å². The van der Waals surface area contributed by atoms with Gasteiger partial charge in [-0.15, -0.1) is 0 Å². The number of nitrogens with one attached hydrogen (secondary N) is 2. The van der Waals surface area contributed by atoms with Crippen molar-refractivity contribution in [1.29, 1.82) is 0 Å². The molecule has 1 fully saturated rings. The maximum atomic E-state index is 11.5. The van der Waals surface area contributed by atoms with Crippen LogP contribution in [0.4, 0.5) is 0 Å². The highest BCUT2D eigenvalue weighted by Gasteiger charge is 2.29. The molecule has 1 aliphatic carbocycles. The number of guanidine groups is 1. The van der Waals surface area contributed by atoms with E-state index in [0.29, 0.717) is 12.5 Å². The number of rotatable bonds is 6. The van der Waals surface area contributed by atoms with Crippen LogP contribution in [0.25, 0.3) is 0 Å². The molecule has 2 rings (SSSR count). The van der Waals surface area contributed by atoms with Gasteiger partial charge in [0.1, 0.15) is 0 Å². The Morgan fingerprint density at radius 2 is 1.96 bits per heavy atom. The van der Waals surface area contributed by atoms with Gasteiger partial charge < -0.3 is 10.2 Å². The molecule has 1 aromatic rings. The molecule has 0 amide bonds. The van der Waals surface area contributed by atoms with Crippen molar-refractivity contribution in [2.75, 3.05) is 26.9 Å². The lowest BCUT2D eigenvalue weighted by Crippen LogP contribution is -2.44. The molecular weight excluding hydrogens is 324 g/mol. The van der Waals surface area contributed by atoms with Crippen molar-refractivity contribution in [3.63, 3.8) is 0 Å². The molecule has 0 radical (unpaired) electrons. The monoisotopic (exact) mass is 352 g/mol. The number of benzene rings is 1. The topological polar surface area (TPSA) is 73.8 Å². The third-order valence-electron chi connectivity index (χ3n) is 4.22. The van der Waals surface area contributed by atoms with E-state index in [2.05, 4.69) is 27.2 Å². The summed E-state index contributed by atoms with van der Waals surface area (Å²) in [5.74, 6) is 1.12. The van der Waals surface area contributed by atoms with E-state index in [1.165, 1.54) is 6.26 Å². The molecule has 6 nitrogen and oxygen atoms in total. The first-order valence-electron chi connectivity index (χ1n) is 8.32. The first kappa shape index (κ1) is 18.7. The lowest BCUT2D eigenvalue weighted by molar-refractivity contribution is 0.431. The molecule has 24 heavy (non-hydrogen) atoms. The number of nitrogens with zero attached hydrogens (tertiary/aromatic N) is 2. The minimum atomic E-state index is -3.16. The number of hydrogen-bond acceptors (Lipinski definition) is 3. The molecule has 0 bridgehead atoms. The van der Waals surface area contributed by atoms with Crippen LogP contribution < -0.4 is 10.0 Å². The Bertz CT molecular complexity index is 644. The van der Waals surface area contributed by atoms with Gasteiger partial charge in [0.2, 0.25) is 10.0 Å². The van der Waals surface area contributed by atoms with E-state index in [9.17, 15) is 8.42 Å². The lowest BCUT2D eigenvalue weighted by atomic mass is 10.1.